The van der Waals surface area contributed by atoms with E-state index in [0.717, 1.165) is 6.54 Å². The van der Waals surface area contributed by atoms with E-state index in [1.165, 1.54) is 0 Å². The standard InChI is InChI=1S/C14H19N3O2/c1-3-17(11-14(18)16-2)7-8-19-13-6-4-5-12(9-13)10-15/h4-6,9H,3,7-8,11H2,1-2H3,(H,16,18). The summed E-state index contributed by atoms with van der Waals surface area (Å²) >= 11 is 0. The molecule has 1 amide bonds. The molecule has 0 radical (unpaired) electrons. The van der Waals surface area contributed by atoms with Gasteiger partial charge in [0.2, 0.25) is 5.91 Å². The van der Waals surface area contributed by atoms with Crippen LogP contribution >= 0.6 is 0 Å². The Balaban J connectivity index is 2.39. The molecule has 0 aliphatic heterocycles. The van der Waals surface area contributed by atoms with Crippen LogP contribution in [-0.4, -0.2) is 44.1 Å². The fourth-order valence-corrected chi connectivity index (χ4v) is 1.58. The molecule has 0 unspecified atom stereocenters. The number of carbonyl (C=O) groups excluding carboxylic acids is 1. The highest BCUT2D eigenvalue weighted by atomic mass is 16.5. The summed E-state index contributed by atoms with van der Waals surface area (Å²) in [5.41, 5.74) is 0.579. The molecule has 0 aromatic heterocycles. The van der Waals surface area contributed by atoms with E-state index < -0.39 is 0 Å². The van der Waals surface area contributed by atoms with Crippen LogP contribution in [-0.2, 0) is 4.79 Å². The van der Waals surface area contributed by atoms with Gasteiger partial charge in [0.1, 0.15) is 12.4 Å². The average Bonchev–Trinajstić information content (AvgIpc) is 2.46. The second-order valence-electron chi connectivity index (χ2n) is 4.03. The number of likely N-dealkylation sites (N-methyl/N-ethyl adjacent to an activating group) is 2. The zero-order chi connectivity index (χ0) is 14.1. The maximum absolute atomic E-state index is 11.3. The smallest absolute Gasteiger partial charge is 0.233 e. The molecule has 19 heavy (non-hydrogen) atoms. The maximum atomic E-state index is 11.3. The molecule has 0 heterocycles. The van der Waals surface area contributed by atoms with Gasteiger partial charge in [-0.05, 0) is 24.7 Å². The van der Waals surface area contributed by atoms with Gasteiger partial charge in [0.05, 0.1) is 18.2 Å². The molecule has 102 valence electrons. The molecule has 0 saturated carbocycles. The lowest BCUT2D eigenvalue weighted by Gasteiger charge is -2.19. The van der Waals surface area contributed by atoms with Crippen LogP contribution in [0.15, 0.2) is 24.3 Å². The molecule has 0 atom stereocenters. The lowest BCUT2D eigenvalue weighted by Crippen LogP contribution is -2.37. The third kappa shape index (κ3) is 5.40. The van der Waals surface area contributed by atoms with Gasteiger partial charge in [0.25, 0.3) is 0 Å². The van der Waals surface area contributed by atoms with Gasteiger partial charge in [0, 0.05) is 13.6 Å². The largest absolute Gasteiger partial charge is 0.492 e. The number of rotatable bonds is 7. The van der Waals surface area contributed by atoms with E-state index in [1.54, 1.807) is 25.2 Å². The number of benzene rings is 1. The van der Waals surface area contributed by atoms with Crippen LogP contribution < -0.4 is 10.1 Å². The topological polar surface area (TPSA) is 65.4 Å². The quantitative estimate of drug-likeness (QED) is 0.795. The number of hydrogen-bond acceptors (Lipinski definition) is 4. The molecule has 0 saturated heterocycles. The number of nitrogens with one attached hydrogen (secondary N) is 1. The highest BCUT2D eigenvalue weighted by Gasteiger charge is 2.07. The molecular formula is C14H19N3O2. The van der Waals surface area contributed by atoms with Crippen LogP contribution in [0.3, 0.4) is 0 Å². The first-order valence-electron chi connectivity index (χ1n) is 6.25. The predicted molar refractivity (Wildman–Crippen MR) is 72.8 cm³/mol. The molecule has 5 heteroatoms. The molecule has 0 aliphatic carbocycles. The molecule has 1 aromatic carbocycles. The van der Waals surface area contributed by atoms with Crippen molar-refractivity contribution >= 4 is 5.91 Å². The molecule has 0 fully saturated rings. The van der Waals surface area contributed by atoms with Crippen LogP contribution in [0.25, 0.3) is 0 Å². The zero-order valence-corrected chi connectivity index (χ0v) is 11.3. The van der Waals surface area contributed by atoms with E-state index in [1.807, 2.05) is 17.9 Å². The summed E-state index contributed by atoms with van der Waals surface area (Å²) in [5, 5.41) is 11.4. The first-order chi connectivity index (χ1) is 9.19. The van der Waals surface area contributed by atoms with Gasteiger partial charge in [-0.2, -0.15) is 5.26 Å². The fraction of sp³-hybridized carbons (Fsp3) is 0.429. The molecular weight excluding hydrogens is 242 g/mol. The summed E-state index contributed by atoms with van der Waals surface area (Å²) in [7, 11) is 1.63. The molecule has 0 aliphatic rings. The summed E-state index contributed by atoms with van der Waals surface area (Å²) in [6.07, 6.45) is 0. The third-order valence-electron chi connectivity index (χ3n) is 2.73. The Kier molecular flexibility index (Phi) is 6.41. The average molecular weight is 261 g/mol. The van der Waals surface area contributed by atoms with Gasteiger partial charge >= 0.3 is 0 Å². The van der Waals surface area contributed by atoms with Crippen LogP contribution in [0.5, 0.6) is 5.75 Å². The highest BCUT2D eigenvalue weighted by molar-refractivity contribution is 5.77. The monoisotopic (exact) mass is 261 g/mol. The van der Waals surface area contributed by atoms with Crippen molar-refractivity contribution in [2.75, 3.05) is 33.3 Å². The summed E-state index contributed by atoms with van der Waals surface area (Å²) in [6, 6.07) is 9.11. The van der Waals surface area contributed by atoms with Gasteiger partial charge in [-0.25, -0.2) is 0 Å². The van der Waals surface area contributed by atoms with Crippen molar-refractivity contribution in [1.82, 2.24) is 10.2 Å². The lowest BCUT2D eigenvalue weighted by atomic mass is 10.2. The van der Waals surface area contributed by atoms with E-state index in [-0.39, 0.29) is 5.91 Å². The summed E-state index contributed by atoms with van der Waals surface area (Å²) in [4.78, 5) is 13.3. The highest BCUT2D eigenvalue weighted by Crippen LogP contribution is 2.12. The van der Waals surface area contributed by atoms with Gasteiger partial charge in [-0.15, -0.1) is 0 Å². The second kappa shape index (κ2) is 8.11. The van der Waals surface area contributed by atoms with E-state index >= 15 is 0 Å². The second-order valence-corrected chi connectivity index (χ2v) is 4.03. The van der Waals surface area contributed by atoms with Crippen molar-refractivity contribution in [1.29, 1.82) is 5.26 Å². The first kappa shape index (κ1) is 15.0. The maximum Gasteiger partial charge on any atom is 0.233 e. The van der Waals surface area contributed by atoms with Crippen LogP contribution in [0.1, 0.15) is 12.5 Å². The Morgan fingerprint density at radius 2 is 2.32 bits per heavy atom. The third-order valence-corrected chi connectivity index (χ3v) is 2.73. The number of ether oxygens (including phenoxy) is 1. The summed E-state index contributed by atoms with van der Waals surface area (Å²) in [6.45, 7) is 4.31. The van der Waals surface area contributed by atoms with E-state index in [2.05, 4.69) is 11.4 Å². The minimum Gasteiger partial charge on any atom is -0.492 e. The molecule has 1 N–H and O–H groups in total. The normalized spacial score (nSPS) is 10.0. The van der Waals surface area contributed by atoms with E-state index in [0.29, 0.717) is 31.0 Å². The predicted octanol–water partition coefficient (Wildman–Crippen LogP) is 1.00. The van der Waals surface area contributed by atoms with Crippen molar-refractivity contribution in [3.63, 3.8) is 0 Å². The first-order valence-corrected chi connectivity index (χ1v) is 6.25. The van der Waals surface area contributed by atoms with Crippen LogP contribution in [0, 0.1) is 11.3 Å². The van der Waals surface area contributed by atoms with Gasteiger partial charge in [-0.1, -0.05) is 13.0 Å². The molecule has 1 aromatic rings. The fourth-order valence-electron chi connectivity index (χ4n) is 1.58. The van der Waals surface area contributed by atoms with Crippen molar-refractivity contribution in [3.05, 3.63) is 29.8 Å². The Bertz CT molecular complexity index is 454. The number of nitrogens with zero attached hydrogens (tertiary/aromatic N) is 2. The molecule has 0 spiro atoms. The molecule has 5 nitrogen and oxygen atoms in total. The van der Waals surface area contributed by atoms with Crippen molar-refractivity contribution < 1.29 is 9.53 Å². The molecule has 0 bridgehead atoms. The Labute approximate surface area is 113 Å². The Morgan fingerprint density at radius 1 is 1.53 bits per heavy atom. The Hall–Kier alpha value is -2.06. The van der Waals surface area contributed by atoms with Gasteiger partial charge in [-0.3, -0.25) is 9.69 Å². The van der Waals surface area contributed by atoms with Crippen LogP contribution in [0.2, 0.25) is 0 Å². The minimum absolute atomic E-state index is 0.00618. The molecule has 1 rings (SSSR count). The minimum atomic E-state index is -0.00618. The van der Waals surface area contributed by atoms with Crippen molar-refractivity contribution in [3.8, 4) is 11.8 Å². The van der Waals surface area contributed by atoms with Crippen molar-refractivity contribution in [2.24, 2.45) is 0 Å². The summed E-state index contributed by atoms with van der Waals surface area (Å²) in [5.74, 6) is 0.670. The number of carbonyl (C=O) groups is 1. The number of nitriles is 1. The van der Waals surface area contributed by atoms with E-state index in [4.69, 9.17) is 10.00 Å². The SMILES string of the molecule is CCN(CCOc1cccc(C#N)c1)CC(=O)NC. The van der Waals surface area contributed by atoms with Crippen LogP contribution in [0.4, 0.5) is 0 Å². The van der Waals surface area contributed by atoms with Gasteiger partial charge in [0.15, 0.2) is 0 Å². The Morgan fingerprint density at radius 3 is 2.95 bits per heavy atom. The summed E-state index contributed by atoms with van der Waals surface area (Å²) < 4.78 is 5.57. The number of amides is 1. The van der Waals surface area contributed by atoms with Crippen molar-refractivity contribution in [2.45, 2.75) is 6.92 Å². The van der Waals surface area contributed by atoms with Gasteiger partial charge < -0.3 is 10.1 Å². The zero-order valence-electron chi connectivity index (χ0n) is 11.3. The number of hydrogen-bond donors (Lipinski definition) is 1. The van der Waals surface area contributed by atoms with E-state index in [9.17, 15) is 4.79 Å². The lowest BCUT2D eigenvalue weighted by molar-refractivity contribution is -0.121.